The summed E-state index contributed by atoms with van der Waals surface area (Å²) in [5, 5.41) is 10.3. The fourth-order valence-corrected chi connectivity index (χ4v) is 3.64. The minimum atomic E-state index is -1.05. The number of pyridine rings is 1. The van der Waals surface area contributed by atoms with Crippen LogP contribution in [-0.4, -0.2) is 16.1 Å². The molecule has 0 aliphatic heterocycles. The highest BCUT2D eigenvalue weighted by atomic mass is 127. The van der Waals surface area contributed by atoms with Gasteiger partial charge >= 0.3 is 5.97 Å². The van der Waals surface area contributed by atoms with Gasteiger partial charge in [0.15, 0.2) is 0 Å². The number of nitrogens with two attached hydrogens (primary N) is 1. The van der Waals surface area contributed by atoms with Gasteiger partial charge < -0.3 is 10.8 Å². The average Bonchev–Trinajstić information content (AvgIpc) is 2.68. The molecule has 0 radical (unpaired) electrons. The molecule has 0 atom stereocenters. The van der Waals surface area contributed by atoms with Crippen molar-refractivity contribution in [3.63, 3.8) is 0 Å². The lowest BCUT2D eigenvalue weighted by Crippen LogP contribution is -2.07. The van der Waals surface area contributed by atoms with Gasteiger partial charge in [-0.15, -0.1) is 0 Å². The van der Waals surface area contributed by atoms with Crippen molar-refractivity contribution in [2.45, 2.75) is 0 Å². The molecule has 4 aromatic rings. The van der Waals surface area contributed by atoms with Crippen LogP contribution in [-0.2, 0) is 0 Å². The van der Waals surface area contributed by atoms with Crippen LogP contribution in [0.2, 0.25) is 0 Å². The fourth-order valence-electron chi connectivity index (χ4n) is 3.15. The highest BCUT2D eigenvalue weighted by Crippen LogP contribution is 2.34. The number of anilines is 1. The summed E-state index contributed by atoms with van der Waals surface area (Å²) in [6, 6.07) is 23.4. The van der Waals surface area contributed by atoms with Crippen molar-refractivity contribution in [1.82, 2.24) is 4.98 Å². The number of hydrogen-bond acceptors (Lipinski definition) is 3. The maximum absolute atomic E-state index is 11.9. The molecule has 0 aliphatic rings. The maximum atomic E-state index is 11.9. The Morgan fingerprint density at radius 1 is 0.889 bits per heavy atom. The summed E-state index contributed by atoms with van der Waals surface area (Å²) < 4.78 is 0.934. The first-order valence-electron chi connectivity index (χ1n) is 8.32. The molecule has 3 aromatic carbocycles. The summed E-state index contributed by atoms with van der Waals surface area (Å²) in [4.78, 5) is 16.5. The van der Waals surface area contributed by atoms with E-state index in [2.05, 4.69) is 27.6 Å². The largest absolute Gasteiger partial charge is 0.478 e. The topological polar surface area (TPSA) is 76.2 Å². The molecule has 4 nitrogen and oxygen atoms in total. The number of nitrogen functional groups attached to an aromatic ring is 1. The van der Waals surface area contributed by atoms with Crippen molar-refractivity contribution in [1.29, 1.82) is 0 Å². The van der Waals surface area contributed by atoms with Crippen LogP contribution in [0.3, 0.4) is 0 Å². The molecule has 5 heteroatoms. The van der Waals surface area contributed by atoms with Gasteiger partial charge in [0.1, 0.15) is 0 Å². The monoisotopic (exact) mass is 466 g/mol. The summed E-state index contributed by atoms with van der Waals surface area (Å²) in [6.07, 6.45) is 0. The Hall–Kier alpha value is -2.93. The Bertz CT molecular complexity index is 1160. The lowest BCUT2D eigenvalue weighted by Gasteiger charge is -2.12. The summed E-state index contributed by atoms with van der Waals surface area (Å²) in [6.45, 7) is 0. The van der Waals surface area contributed by atoms with E-state index in [1.54, 1.807) is 6.07 Å². The molecule has 27 heavy (non-hydrogen) atoms. The number of carboxylic acid groups (broad SMARTS) is 1. The second kappa shape index (κ2) is 7.00. The molecular formula is C22H15IN2O2. The average molecular weight is 466 g/mol. The quantitative estimate of drug-likeness (QED) is 0.394. The van der Waals surface area contributed by atoms with E-state index in [1.807, 2.05) is 66.7 Å². The van der Waals surface area contributed by atoms with E-state index in [1.165, 1.54) is 0 Å². The van der Waals surface area contributed by atoms with Crippen molar-refractivity contribution in [3.8, 4) is 22.4 Å². The number of aromatic carboxylic acids is 1. The van der Waals surface area contributed by atoms with Gasteiger partial charge in [-0.25, -0.2) is 9.78 Å². The van der Waals surface area contributed by atoms with Gasteiger partial charge in [-0.2, -0.15) is 0 Å². The normalized spacial score (nSPS) is 10.9. The number of hydrogen-bond donors (Lipinski definition) is 2. The Labute approximate surface area is 169 Å². The molecule has 0 unspecified atom stereocenters. The summed E-state index contributed by atoms with van der Waals surface area (Å²) in [5.74, 6) is -1.05. The van der Waals surface area contributed by atoms with Crippen molar-refractivity contribution in [2.75, 3.05) is 5.73 Å². The third-order valence-corrected chi connectivity index (χ3v) is 5.13. The Morgan fingerprint density at radius 3 is 2.19 bits per heavy atom. The third kappa shape index (κ3) is 3.26. The lowest BCUT2D eigenvalue weighted by atomic mass is 9.99. The smallest absolute Gasteiger partial charge is 0.338 e. The number of benzene rings is 3. The van der Waals surface area contributed by atoms with Gasteiger partial charge in [0.05, 0.1) is 22.5 Å². The fraction of sp³-hybridized carbons (Fsp3) is 0. The second-order valence-electron chi connectivity index (χ2n) is 6.16. The predicted octanol–water partition coefficient (Wildman–Crippen LogP) is 5.45. The van der Waals surface area contributed by atoms with E-state index >= 15 is 0 Å². The first-order valence-corrected chi connectivity index (χ1v) is 9.40. The van der Waals surface area contributed by atoms with Crippen molar-refractivity contribution < 1.29 is 9.90 Å². The molecule has 0 saturated carbocycles. The lowest BCUT2D eigenvalue weighted by molar-refractivity contribution is 0.0700. The molecule has 0 fully saturated rings. The third-order valence-electron chi connectivity index (χ3n) is 4.46. The number of fused-ring (bicyclic) bond motifs is 1. The number of aromatic nitrogens is 1. The molecule has 1 aromatic heterocycles. The Balaban J connectivity index is 1.88. The molecule has 132 valence electrons. The van der Waals surface area contributed by atoms with Crippen LogP contribution in [0.1, 0.15) is 10.4 Å². The zero-order valence-corrected chi connectivity index (χ0v) is 16.3. The SMILES string of the molecule is Nc1c(-c2ccc(-c3ccccc3)cc2)nc2ccc(I)cc2c1C(=O)O. The van der Waals surface area contributed by atoms with Gasteiger partial charge in [-0.3, -0.25) is 0 Å². The first-order chi connectivity index (χ1) is 13.0. The predicted molar refractivity (Wildman–Crippen MR) is 117 cm³/mol. The molecular weight excluding hydrogens is 451 g/mol. The van der Waals surface area contributed by atoms with E-state index in [0.717, 1.165) is 20.3 Å². The van der Waals surface area contributed by atoms with Crippen LogP contribution in [0, 0.1) is 3.57 Å². The van der Waals surface area contributed by atoms with E-state index in [4.69, 9.17) is 5.73 Å². The van der Waals surface area contributed by atoms with E-state index in [0.29, 0.717) is 16.6 Å². The van der Waals surface area contributed by atoms with Crippen LogP contribution in [0.15, 0.2) is 72.8 Å². The number of nitrogens with zero attached hydrogens (tertiary/aromatic N) is 1. The van der Waals surface area contributed by atoms with Crippen LogP contribution < -0.4 is 5.73 Å². The first kappa shape index (κ1) is 17.5. The summed E-state index contributed by atoms with van der Waals surface area (Å²) >= 11 is 2.15. The maximum Gasteiger partial charge on any atom is 0.338 e. The minimum Gasteiger partial charge on any atom is -0.478 e. The van der Waals surface area contributed by atoms with Gasteiger partial charge in [-0.05, 0) is 51.9 Å². The second-order valence-corrected chi connectivity index (χ2v) is 7.40. The van der Waals surface area contributed by atoms with Crippen LogP contribution in [0.4, 0.5) is 5.69 Å². The molecule has 3 N–H and O–H groups in total. The van der Waals surface area contributed by atoms with Gasteiger partial charge in [-0.1, -0.05) is 54.6 Å². The molecule has 0 amide bonds. The number of carboxylic acids is 1. The van der Waals surface area contributed by atoms with Crippen molar-refractivity contribution >= 4 is 45.2 Å². The molecule has 0 saturated heterocycles. The van der Waals surface area contributed by atoms with Crippen LogP contribution >= 0.6 is 22.6 Å². The number of halogens is 1. The van der Waals surface area contributed by atoms with Crippen molar-refractivity contribution in [3.05, 3.63) is 81.9 Å². The molecule has 0 aliphatic carbocycles. The molecule has 1 heterocycles. The van der Waals surface area contributed by atoms with Gasteiger partial charge in [0.2, 0.25) is 0 Å². The zero-order chi connectivity index (χ0) is 19.0. The van der Waals surface area contributed by atoms with Gasteiger partial charge in [0.25, 0.3) is 0 Å². The molecule has 0 spiro atoms. The summed E-state index contributed by atoms with van der Waals surface area (Å²) in [5.41, 5.74) is 10.6. The highest BCUT2D eigenvalue weighted by molar-refractivity contribution is 14.1. The van der Waals surface area contributed by atoms with Crippen LogP contribution in [0.25, 0.3) is 33.3 Å². The van der Waals surface area contributed by atoms with E-state index < -0.39 is 5.97 Å². The Kier molecular flexibility index (Phi) is 4.53. The molecule has 0 bridgehead atoms. The van der Waals surface area contributed by atoms with E-state index in [9.17, 15) is 9.90 Å². The number of rotatable bonds is 3. The molecule has 4 rings (SSSR count). The number of carbonyl (C=O) groups is 1. The van der Waals surface area contributed by atoms with Crippen LogP contribution in [0.5, 0.6) is 0 Å². The Morgan fingerprint density at radius 2 is 1.52 bits per heavy atom. The summed E-state index contributed by atoms with van der Waals surface area (Å²) in [7, 11) is 0. The van der Waals surface area contributed by atoms with Gasteiger partial charge in [0, 0.05) is 14.5 Å². The highest BCUT2D eigenvalue weighted by Gasteiger charge is 2.19. The zero-order valence-electron chi connectivity index (χ0n) is 14.2. The standard InChI is InChI=1S/C22H15IN2O2/c23-16-10-11-18-17(12-16)19(22(26)27)20(24)21(25-18)15-8-6-14(7-9-15)13-4-2-1-3-5-13/h1-12H,24H2,(H,26,27). The van der Waals surface area contributed by atoms with Crippen molar-refractivity contribution in [2.24, 2.45) is 0 Å². The minimum absolute atomic E-state index is 0.0978. The van der Waals surface area contributed by atoms with E-state index in [-0.39, 0.29) is 11.3 Å².